The number of aromatic nitrogens is 1. The fraction of sp³-hybridized carbons (Fsp3) is 0.385. The van der Waals surface area contributed by atoms with Crippen LogP contribution in [0.1, 0.15) is 41.0 Å². The Kier molecular flexibility index (Phi) is 3.33. The molecule has 1 N–H and O–H groups in total. The Balaban J connectivity index is 2.39. The van der Waals surface area contributed by atoms with E-state index in [2.05, 4.69) is 4.98 Å². The molecular weight excluding hydrogens is 248 g/mol. The van der Waals surface area contributed by atoms with E-state index < -0.39 is 23.8 Å². The van der Waals surface area contributed by atoms with Gasteiger partial charge in [-0.15, -0.1) is 0 Å². The van der Waals surface area contributed by atoms with Crippen molar-refractivity contribution < 1.29 is 19.5 Å². The number of hydrogen-bond acceptors (Lipinski definition) is 4. The first-order valence-electron chi connectivity index (χ1n) is 5.98. The van der Waals surface area contributed by atoms with E-state index >= 15 is 0 Å². The Hall–Kier alpha value is -2.24. The molecule has 2 amide bonds. The molecule has 6 nitrogen and oxygen atoms in total. The van der Waals surface area contributed by atoms with E-state index in [0.29, 0.717) is 0 Å². The number of rotatable bonds is 4. The summed E-state index contributed by atoms with van der Waals surface area (Å²) in [6.45, 7) is 3.69. The van der Waals surface area contributed by atoms with E-state index in [4.69, 9.17) is 0 Å². The number of fused-ring (bicyclic) bond motifs is 1. The van der Waals surface area contributed by atoms with Crippen LogP contribution in [-0.4, -0.2) is 38.8 Å². The highest BCUT2D eigenvalue weighted by atomic mass is 16.4. The molecule has 0 saturated heterocycles. The van der Waals surface area contributed by atoms with Crippen molar-refractivity contribution in [1.82, 2.24) is 9.88 Å². The van der Waals surface area contributed by atoms with Gasteiger partial charge in [0.25, 0.3) is 11.8 Å². The van der Waals surface area contributed by atoms with Crippen LogP contribution in [-0.2, 0) is 4.79 Å². The van der Waals surface area contributed by atoms with Crippen LogP contribution < -0.4 is 0 Å². The van der Waals surface area contributed by atoms with Gasteiger partial charge in [0.2, 0.25) is 0 Å². The minimum atomic E-state index is -1.17. The summed E-state index contributed by atoms with van der Waals surface area (Å²) in [4.78, 5) is 40.2. The Morgan fingerprint density at radius 3 is 2.47 bits per heavy atom. The summed E-state index contributed by atoms with van der Waals surface area (Å²) in [6.07, 6.45) is 2.93. The highest BCUT2D eigenvalue weighted by Crippen LogP contribution is 2.26. The van der Waals surface area contributed by atoms with Gasteiger partial charge in [-0.2, -0.15) is 0 Å². The normalized spacial score (nSPS) is 15.8. The summed E-state index contributed by atoms with van der Waals surface area (Å²) in [5.74, 6) is -2.25. The third kappa shape index (κ3) is 2.21. The number of imide groups is 1. The lowest BCUT2D eigenvalue weighted by Gasteiger charge is -2.23. The minimum absolute atomic E-state index is 0.0588. The van der Waals surface area contributed by atoms with E-state index in [1.165, 1.54) is 18.5 Å². The fourth-order valence-electron chi connectivity index (χ4n) is 2.15. The molecular formula is C13H14N2O4. The monoisotopic (exact) mass is 262 g/mol. The SMILES string of the molecule is CC(C)C[C@@H](C(=O)O)N1C(=O)c2ccncc2C1=O. The molecule has 1 aromatic heterocycles. The molecule has 19 heavy (non-hydrogen) atoms. The van der Waals surface area contributed by atoms with Crippen LogP contribution in [0.25, 0.3) is 0 Å². The zero-order chi connectivity index (χ0) is 14.2. The molecule has 0 unspecified atom stereocenters. The highest BCUT2D eigenvalue weighted by Gasteiger charge is 2.43. The molecule has 0 aliphatic carbocycles. The van der Waals surface area contributed by atoms with Crippen molar-refractivity contribution in [3.63, 3.8) is 0 Å². The van der Waals surface area contributed by atoms with E-state index in [1.54, 1.807) is 0 Å². The predicted octanol–water partition coefficient (Wildman–Crippen LogP) is 1.18. The Morgan fingerprint density at radius 2 is 1.95 bits per heavy atom. The smallest absolute Gasteiger partial charge is 0.326 e. The highest BCUT2D eigenvalue weighted by molar-refractivity contribution is 6.22. The van der Waals surface area contributed by atoms with Crippen LogP contribution in [0.3, 0.4) is 0 Å². The van der Waals surface area contributed by atoms with Crippen molar-refractivity contribution in [3.8, 4) is 0 Å². The molecule has 2 rings (SSSR count). The lowest BCUT2D eigenvalue weighted by atomic mass is 10.0. The summed E-state index contributed by atoms with van der Waals surface area (Å²) < 4.78 is 0. The van der Waals surface area contributed by atoms with Gasteiger partial charge >= 0.3 is 5.97 Å². The van der Waals surface area contributed by atoms with Crippen molar-refractivity contribution in [2.45, 2.75) is 26.3 Å². The molecule has 1 aliphatic heterocycles. The predicted molar refractivity (Wildman–Crippen MR) is 65.6 cm³/mol. The minimum Gasteiger partial charge on any atom is -0.480 e. The number of carbonyl (C=O) groups is 3. The molecule has 0 bridgehead atoms. The van der Waals surface area contributed by atoms with Crippen molar-refractivity contribution in [1.29, 1.82) is 0 Å². The van der Waals surface area contributed by atoms with Gasteiger partial charge in [-0.1, -0.05) is 13.8 Å². The Morgan fingerprint density at radius 1 is 1.32 bits per heavy atom. The second kappa shape index (κ2) is 4.79. The van der Waals surface area contributed by atoms with Gasteiger partial charge < -0.3 is 5.11 Å². The van der Waals surface area contributed by atoms with E-state index in [9.17, 15) is 19.5 Å². The maximum atomic E-state index is 12.1. The van der Waals surface area contributed by atoms with Gasteiger partial charge in [0.15, 0.2) is 0 Å². The van der Waals surface area contributed by atoms with Crippen LogP contribution >= 0.6 is 0 Å². The topological polar surface area (TPSA) is 87.6 Å². The summed E-state index contributed by atoms with van der Waals surface area (Å²) in [5, 5.41) is 9.24. The second-order valence-corrected chi connectivity index (χ2v) is 4.89. The number of carboxylic acid groups (broad SMARTS) is 1. The van der Waals surface area contributed by atoms with Crippen LogP contribution in [0.2, 0.25) is 0 Å². The first-order chi connectivity index (χ1) is 8.93. The molecule has 0 aromatic carbocycles. The van der Waals surface area contributed by atoms with E-state index in [0.717, 1.165) is 4.90 Å². The molecule has 0 spiro atoms. The van der Waals surface area contributed by atoms with Gasteiger partial charge in [0.05, 0.1) is 11.1 Å². The van der Waals surface area contributed by atoms with Crippen LogP contribution in [0, 0.1) is 5.92 Å². The second-order valence-electron chi connectivity index (χ2n) is 4.89. The zero-order valence-electron chi connectivity index (χ0n) is 10.7. The number of carbonyl (C=O) groups excluding carboxylic acids is 2. The first kappa shape index (κ1) is 13.2. The summed E-state index contributed by atoms with van der Waals surface area (Å²) in [6, 6.07) is 0.302. The quantitative estimate of drug-likeness (QED) is 0.823. The van der Waals surface area contributed by atoms with Gasteiger partial charge in [0.1, 0.15) is 6.04 Å². The molecule has 1 atom stereocenters. The molecule has 0 radical (unpaired) electrons. The van der Waals surface area contributed by atoms with Gasteiger partial charge in [-0.25, -0.2) is 4.79 Å². The number of hydrogen-bond donors (Lipinski definition) is 1. The fourth-order valence-corrected chi connectivity index (χ4v) is 2.15. The molecule has 1 aromatic rings. The van der Waals surface area contributed by atoms with Crippen molar-refractivity contribution in [3.05, 3.63) is 29.6 Å². The lowest BCUT2D eigenvalue weighted by Crippen LogP contribution is -2.45. The summed E-state index contributed by atoms with van der Waals surface area (Å²) in [7, 11) is 0. The molecule has 1 aliphatic rings. The van der Waals surface area contributed by atoms with Gasteiger partial charge in [-0.05, 0) is 18.4 Å². The van der Waals surface area contributed by atoms with Gasteiger partial charge in [0, 0.05) is 12.4 Å². The van der Waals surface area contributed by atoms with Crippen molar-refractivity contribution in [2.75, 3.05) is 0 Å². The first-order valence-corrected chi connectivity index (χ1v) is 5.98. The number of pyridine rings is 1. The number of aliphatic carboxylic acids is 1. The van der Waals surface area contributed by atoms with Crippen LogP contribution in [0.15, 0.2) is 18.5 Å². The lowest BCUT2D eigenvalue weighted by molar-refractivity contribution is -0.142. The van der Waals surface area contributed by atoms with Crippen molar-refractivity contribution in [2.24, 2.45) is 5.92 Å². The number of amides is 2. The third-order valence-electron chi connectivity index (χ3n) is 3.01. The largest absolute Gasteiger partial charge is 0.480 e. The zero-order valence-corrected chi connectivity index (χ0v) is 10.7. The molecule has 100 valence electrons. The maximum absolute atomic E-state index is 12.1. The maximum Gasteiger partial charge on any atom is 0.326 e. The molecule has 0 saturated carbocycles. The summed E-state index contributed by atoms with van der Waals surface area (Å²) in [5.41, 5.74) is 0.387. The average molecular weight is 262 g/mol. The molecule has 0 fully saturated rings. The van der Waals surface area contributed by atoms with Gasteiger partial charge in [-0.3, -0.25) is 19.5 Å². The van der Waals surface area contributed by atoms with Crippen LogP contribution in [0.4, 0.5) is 0 Å². The van der Waals surface area contributed by atoms with E-state index in [1.807, 2.05) is 13.8 Å². The van der Waals surface area contributed by atoms with E-state index in [-0.39, 0.29) is 23.5 Å². The Labute approximate surface area is 110 Å². The van der Waals surface area contributed by atoms with Crippen molar-refractivity contribution >= 4 is 17.8 Å². The average Bonchev–Trinajstić information content (AvgIpc) is 2.60. The van der Waals surface area contributed by atoms with Crippen LogP contribution in [0.5, 0.6) is 0 Å². The standard InChI is InChI=1S/C13H14N2O4/c1-7(2)5-10(13(18)19)15-11(16)8-3-4-14-6-9(8)12(15)17/h3-4,6-7,10H,5H2,1-2H3,(H,18,19)/t10-/m0/s1. The number of nitrogens with zero attached hydrogens (tertiary/aromatic N) is 2. The third-order valence-corrected chi connectivity index (χ3v) is 3.01. The molecule has 2 heterocycles. The summed E-state index contributed by atoms with van der Waals surface area (Å²) >= 11 is 0. The molecule has 6 heteroatoms. The Bertz CT molecular complexity index is 518. The number of carboxylic acids is 1.